The molecule has 0 fully saturated rings. The Morgan fingerprint density at radius 1 is 0.647 bits per heavy atom. The molecule has 4 nitrogen and oxygen atoms in total. The molecule has 0 aliphatic heterocycles. The highest BCUT2D eigenvalue weighted by molar-refractivity contribution is 5.48. The van der Waals surface area contributed by atoms with Crippen molar-refractivity contribution in [2.24, 2.45) is 0 Å². The SMILES string of the molecule is CC(O)CC(C)(O)C(c1cc(C(C)(C)C)[nH]c1C(C)(C)C)c1cc(C(C)(C)C)[nH]c1C(C)(C)C. The van der Waals surface area contributed by atoms with E-state index in [9.17, 15) is 10.2 Å². The fraction of sp³-hybridized carbons (Fsp3) is 0.733. The van der Waals surface area contributed by atoms with Gasteiger partial charge in [0.25, 0.3) is 0 Å². The van der Waals surface area contributed by atoms with Crippen LogP contribution in [0.5, 0.6) is 0 Å². The topological polar surface area (TPSA) is 72.0 Å². The van der Waals surface area contributed by atoms with Crippen LogP contribution in [0.4, 0.5) is 0 Å². The maximum atomic E-state index is 12.1. The van der Waals surface area contributed by atoms with E-state index in [2.05, 4.69) is 105 Å². The summed E-state index contributed by atoms with van der Waals surface area (Å²) in [5.74, 6) is -0.301. The molecule has 4 heteroatoms. The van der Waals surface area contributed by atoms with Gasteiger partial charge in [-0.3, -0.25) is 0 Å². The molecule has 2 unspecified atom stereocenters. The molecule has 2 aromatic rings. The van der Waals surface area contributed by atoms with Crippen molar-refractivity contribution >= 4 is 0 Å². The van der Waals surface area contributed by atoms with Crippen LogP contribution in [0.3, 0.4) is 0 Å². The summed E-state index contributed by atoms with van der Waals surface area (Å²) < 4.78 is 0. The second-order valence-corrected chi connectivity index (χ2v) is 14.9. The third-order valence-electron chi connectivity index (χ3n) is 6.76. The Morgan fingerprint density at radius 2 is 0.971 bits per heavy atom. The molecule has 2 aromatic heterocycles. The summed E-state index contributed by atoms with van der Waals surface area (Å²) in [7, 11) is 0. The van der Waals surface area contributed by atoms with E-state index in [0.29, 0.717) is 0 Å². The summed E-state index contributed by atoms with van der Waals surface area (Å²) in [6.45, 7) is 30.3. The summed E-state index contributed by atoms with van der Waals surface area (Å²) >= 11 is 0. The summed E-state index contributed by atoms with van der Waals surface area (Å²) in [6, 6.07) is 4.52. The van der Waals surface area contributed by atoms with E-state index in [1.54, 1.807) is 6.92 Å². The molecule has 34 heavy (non-hydrogen) atoms. The number of aromatic nitrogens is 2. The van der Waals surface area contributed by atoms with E-state index < -0.39 is 11.7 Å². The first kappa shape index (κ1) is 28.7. The van der Waals surface area contributed by atoms with Gasteiger partial charge >= 0.3 is 0 Å². The van der Waals surface area contributed by atoms with Gasteiger partial charge < -0.3 is 20.2 Å². The average molecular weight is 473 g/mol. The minimum atomic E-state index is -1.15. The number of aliphatic hydroxyl groups excluding tert-OH is 1. The van der Waals surface area contributed by atoms with Gasteiger partial charge in [-0.15, -0.1) is 0 Å². The number of nitrogens with one attached hydrogen (secondary N) is 2. The minimum absolute atomic E-state index is 0.0551. The number of hydrogen-bond donors (Lipinski definition) is 4. The van der Waals surface area contributed by atoms with Gasteiger partial charge in [0.2, 0.25) is 0 Å². The first-order valence-corrected chi connectivity index (χ1v) is 12.8. The molecule has 2 rings (SSSR count). The predicted molar refractivity (Wildman–Crippen MR) is 145 cm³/mol. The molecular formula is C30H52N2O2. The van der Waals surface area contributed by atoms with Crippen LogP contribution in [-0.2, 0) is 21.7 Å². The van der Waals surface area contributed by atoms with Crippen LogP contribution in [-0.4, -0.2) is 31.9 Å². The number of hydrogen-bond acceptors (Lipinski definition) is 2. The zero-order valence-electron chi connectivity index (χ0n) is 24.4. The predicted octanol–water partition coefficient (Wildman–Crippen LogP) is 7.19. The largest absolute Gasteiger partial charge is 0.393 e. The number of rotatable bonds is 5. The molecule has 0 radical (unpaired) electrons. The Hall–Kier alpha value is -1.52. The van der Waals surface area contributed by atoms with Gasteiger partial charge in [-0.2, -0.15) is 0 Å². The second kappa shape index (κ2) is 8.85. The van der Waals surface area contributed by atoms with Crippen LogP contribution in [0.1, 0.15) is 143 Å². The molecule has 0 saturated carbocycles. The van der Waals surface area contributed by atoms with Crippen molar-refractivity contribution in [3.05, 3.63) is 46.0 Å². The Labute approximate surface area is 209 Å². The van der Waals surface area contributed by atoms with Crippen molar-refractivity contribution in [1.29, 1.82) is 0 Å². The van der Waals surface area contributed by atoms with E-state index in [1.807, 2.05) is 6.92 Å². The fourth-order valence-electron chi connectivity index (χ4n) is 5.00. The molecule has 0 aliphatic carbocycles. The maximum Gasteiger partial charge on any atom is 0.0754 e. The third-order valence-corrected chi connectivity index (χ3v) is 6.76. The highest BCUT2D eigenvalue weighted by Gasteiger charge is 2.43. The Balaban J connectivity index is 3.00. The zero-order valence-corrected chi connectivity index (χ0v) is 24.4. The van der Waals surface area contributed by atoms with Gasteiger partial charge in [-0.05, 0) is 37.1 Å². The lowest BCUT2D eigenvalue weighted by atomic mass is 9.71. The molecule has 0 bridgehead atoms. The molecule has 0 aromatic carbocycles. The van der Waals surface area contributed by atoms with Gasteiger partial charge in [0, 0.05) is 56.8 Å². The summed E-state index contributed by atoms with van der Waals surface area (Å²) in [5, 5.41) is 22.5. The lowest BCUT2D eigenvalue weighted by Gasteiger charge is -2.37. The lowest BCUT2D eigenvalue weighted by molar-refractivity contribution is -0.00413. The molecule has 194 valence electrons. The van der Waals surface area contributed by atoms with Gasteiger partial charge in [0.1, 0.15) is 0 Å². The fourth-order valence-corrected chi connectivity index (χ4v) is 5.00. The summed E-state index contributed by atoms with van der Waals surface area (Å²) in [6.07, 6.45) is -0.326. The van der Waals surface area contributed by atoms with Crippen molar-refractivity contribution in [3.63, 3.8) is 0 Å². The van der Waals surface area contributed by atoms with Crippen LogP contribution in [0.15, 0.2) is 12.1 Å². The van der Waals surface area contributed by atoms with Gasteiger partial charge in [0.05, 0.1) is 11.7 Å². The standard InChI is InChI=1S/C30H52N2O2/c1-18(33)17-30(14,34)23(19-15-21(26(2,3)4)31-24(19)28(8,9)10)20-16-22(27(5,6)7)32-25(20)29(11,12)13/h15-16,18,23,31-34H,17H2,1-14H3. The molecule has 0 aliphatic rings. The summed E-state index contributed by atoms with van der Waals surface area (Å²) in [4.78, 5) is 7.50. The monoisotopic (exact) mass is 472 g/mol. The Kier molecular flexibility index (Phi) is 7.48. The molecule has 0 spiro atoms. The molecule has 2 atom stereocenters. The number of aliphatic hydroxyl groups is 2. The molecular weight excluding hydrogens is 420 g/mol. The zero-order chi connectivity index (χ0) is 26.7. The maximum absolute atomic E-state index is 12.1. The molecule has 4 N–H and O–H groups in total. The Bertz CT molecular complexity index is 907. The number of H-pyrrole nitrogens is 2. The highest BCUT2D eigenvalue weighted by atomic mass is 16.3. The minimum Gasteiger partial charge on any atom is -0.393 e. The van der Waals surface area contributed by atoms with E-state index >= 15 is 0 Å². The first-order chi connectivity index (χ1) is 15.0. The first-order valence-electron chi connectivity index (χ1n) is 12.8. The van der Waals surface area contributed by atoms with Gasteiger partial charge in [0.15, 0.2) is 0 Å². The van der Waals surface area contributed by atoms with Crippen molar-refractivity contribution in [3.8, 4) is 0 Å². The van der Waals surface area contributed by atoms with Crippen molar-refractivity contribution in [2.75, 3.05) is 0 Å². The van der Waals surface area contributed by atoms with Gasteiger partial charge in [-0.25, -0.2) is 0 Å². The highest BCUT2D eigenvalue weighted by Crippen LogP contribution is 2.47. The van der Waals surface area contributed by atoms with Crippen molar-refractivity contribution < 1.29 is 10.2 Å². The molecule has 0 saturated heterocycles. The van der Waals surface area contributed by atoms with Crippen molar-refractivity contribution in [1.82, 2.24) is 9.97 Å². The summed E-state index contributed by atoms with van der Waals surface area (Å²) in [5.41, 5.74) is 5.32. The lowest BCUT2D eigenvalue weighted by Crippen LogP contribution is -2.38. The third kappa shape index (κ3) is 6.18. The number of aromatic amines is 2. The van der Waals surface area contributed by atoms with Crippen LogP contribution in [0.25, 0.3) is 0 Å². The van der Waals surface area contributed by atoms with Crippen LogP contribution in [0, 0.1) is 0 Å². The van der Waals surface area contributed by atoms with E-state index in [1.165, 1.54) is 0 Å². The van der Waals surface area contributed by atoms with Crippen molar-refractivity contribution in [2.45, 2.75) is 143 Å². The van der Waals surface area contributed by atoms with E-state index in [4.69, 9.17) is 0 Å². The van der Waals surface area contributed by atoms with Crippen LogP contribution < -0.4 is 0 Å². The van der Waals surface area contributed by atoms with E-state index in [-0.39, 0.29) is 34.0 Å². The second-order valence-electron chi connectivity index (χ2n) is 14.9. The van der Waals surface area contributed by atoms with Crippen LogP contribution in [0.2, 0.25) is 0 Å². The van der Waals surface area contributed by atoms with E-state index in [0.717, 1.165) is 33.9 Å². The molecule has 0 amide bonds. The normalized spacial score (nSPS) is 16.7. The Morgan fingerprint density at radius 3 is 1.21 bits per heavy atom. The molecule has 2 heterocycles. The van der Waals surface area contributed by atoms with Crippen LogP contribution >= 0.6 is 0 Å². The quantitative estimate of drug-likeness (QED) is 0.372. The smallest absolute Gasteiger partial charge is 0.0754 e. The van der Waals surface area contributed by atoms with Gasteiger partial charge in [-0.1, -0.05) is 83.1 Å². The average Bonchev–Trinajstić information content (AvgIpc) is 3.16.